The topological polar surface area (TPSA) is 0 Å². The molecule has 0 aromatic carbocycles. The maximum absolute atomic E-state index is 3.82. The first-order valence-corrected chi connectivity index (χ1v) is 4.71. The molecule has 0 aromatic heterocycles. The van der Waals surface area contributed by atoms with Crippen molar-refractivity contribution >= 4 is 0 Å². The van der Waals surface area contributed by atoms with Crippen LogP contribution >= 0.6 is 0 Å². The molecule has 0 amide bonds. The van der Waals surface area contributed by atoms with E-state index in [1.807, 2.05) is 0 Å². The minimum atomic E-state index is 0. The van der Waals surface area contributed by atoms with Crippen molar-refractivity contribution in [3.05, 3.63) is 6.92 Å². The molecule has 0 nitrogen and oxygen atoms in total. The summed E-state index contributed by atoms with van der Waals surface area (Å²) in [5.41, 5.74) is 0. The van der Waals surface area contributed by atoms with Gasteiger partial charge in [-0.3, -0.25) is 0 Å². The quantitative estimate of drug-likeness (QED) is 0.370. The maximum Gasteiger partial charge on any atom is 0 e. The summed E-state index contributed by atoms with van der Waals surface area (Å²) in [4.78, 5) is 0. The molecule has 0 rings (SSSR count). The molecule has 0 bridgehead atoms. The van der Waals surface area contributed by atoms with Gasteiger partial charge >= 0.3 is 0 Å². The van der Waals surface area contributed by atoms with Gasteiger partial charge in [-0.2, -0.15) is 0 Å². The van der Waals surface area contributed by atoms with E-state index in [-0.39, 0.29) is 43.5 Å². The Morgan fingerprint density at radius 1 is 0.833 bits per heavy atom. The van der Waals surface area contributed by atoms with Gasteiger partial charge in [-0.15, -0.1) is 0 Å². The molecule has 0 heterocycles. The zero-order valence-electron chi connectivity index (χ0n) is 8.45. The van der Waals surface area contributed by atoms with Crippen molar-refractivity contribution in [2.75, 3.05) is 0 Å². The second-order valence-corrected chi connectivity index (χ2v) is 2.97. The average molecular weight is 334 g/mol. The summed E-state index contributed by atoms with van der Waals surface area (Å²) in [6, 6.07) is 0. The minimum absolute atomic E-state index is 0. The zero-order valence-corrected chi connectivity index (χ0v) is 13.6. The van der Waals surface area contributed by atoms with E-state index in [1.54, 1.807) is 0 Å². The molecular weight excluding hydrogens is 312 g/mol. The number of unbranched alkanes of at least 4 members (excludes halogenated alkanes) is 7. The molecule has 12 heavy (non-hydrogen) atoms. The Morgan fingerprint density at radius 2 is 1.25 bits per heavy atom. The van der Waals surface area contributed by atoms with Gasteiger partial charge in [0, 0.05) is 19.5 Å². The molecule has 2 heteroatoms. The van der Waals surface area contributed by atoms with Crippen LogP contribution in [0.3, 0.4) is 0 Å². The Labute approximate surface area is 108 Å². The molecule has 0 N–H and O–H groups in total. The van der Waals surface area contributed by atoms with Gasteiger partial charge in [0.2, 0.25) is 0 Å². The summed E-state index contributed by atoms with van der Waals surface area (Å²) in [5, 5.41) is 0. The molecule has 0 spiro atoms. The van der Waals surface area contributed by atoms with E-state index in [0.29, 0.717) is 0 Å². The van der Waals surface area contributed by atoms with Gasteiger partial charge in [-0.1, -0.05) is 65.2 Å². The predicted octanol–water partition coefficient (Wildman–Crippen LogP) is 0.963. The standard InChI is InChI=1S/C10H21.HI.Zn/c1-3-5-7-9-10-8-6-4-2;;/h1,3-10H2,2H3;1H;/p-1. The average Bonchev–Trinajstić information content (AvgIpc) is 1.97. The summed E-state index contributed by atoms with van der Waals surface area (Å²) in [7, 11) is 0. The molecular formula is C10H21IZn-. The summed E-state index contributed by atoms with van der Waals surface area (Å²) in [6.07, 6.45) is 10.9. The first-order chi connectivity index (χ1) is 4.91. The third-order valence-electron chi connectivity index (χ3n) is 1.85. The minimum Gasteiger partial charge on any atom is -1.00 e. The fourth-order valence-electron chi connectivity index (χ4n) is 1.13. The number of rotatable bonds is 7. The van der Waals surface area contributed by atoms with Crippen molar-refractivity contribution in [2.24, 2.45) is 0 Å². The molecule has 0 fully saturated rings. The van der Waals surface area contributed by atoms with Crippen LogP contribution in [0.1, 0.15) is 58.3 Å². The maximum atomic E-state index is 3.82. The number of halogens is 1. The first kappa shape index (κ1) is 19.0. The largest absolute Gasteiger partial charge is 1.00 e. The van der Waals surface area contributed by atoms with E-state index in [2.05, 4.69) is 13.8 Å². The van der Waals surface area contributed by atoms with E-state index in [9.17, 15) is 0 Å². The van der Waals surface area contributed by atoms with Crippen LogP contribution in [0.2, 0.25) is 0 Å². The van der Waals surface area contributed by atoms with Gasteiger partial charge in [0.15, 0.2) is 0 Å². The van der Waals surface area contributed by atoms with Crippen molar-refractivity contribution in [1.29, 1.82) is 0 Å². The van der Waals surface area contributed by atoms with Gasteiger partial charge in [0.1, 0.15) is 0 Å². The molecule has 1 radical (unpaired) electrons. The van der Waals surface area contributed by atoms with E-state index >= 15 is 0 Å². The Balaban J connectivity index is -0.000000405. The molecule has 0 unspecified atom stereocenters. The molecule has 0 aliphatic carbocycles. The van der Waals surface area contributed by atoms with Gasteiger partial charge in [-0.05, 0) is 0 Å². The normalized spacial score (nSPS) is 8.50. The third-order valence-corrected chi connectivity index (χ3v) is 1.85. The van der Waals surface area contributed by atoms with E-state index in [1.165, 1.54) is 44.9 Å². The fourth-order valence-corrected chi connectivity index (χ4v) is 1.13. The first-order valence-electron chi connectivity index (χ1n) is 4.71. The molecule has 0 saturated carbocycles. The summed E-state index contributed by atoms with van der Waals surface area (Å²) >= 11 is 0. The molecule has 0 saturated heterocycles. The number of hydrogen-bond donors (Lipinski definition) is 0. The van der Waals surface area contributed by atoms with Crippen LogP contribution in [0.15, 0.2) is 0 Å². The van der Waals surface area contributed by atoms with Crippen LogP contribution in [-0.2, 0) is 19.5 Å². The van der Waals surface area contributed by atoms with Gasteiger partial charge < -0.3 is 24.0 Å². The molecule has 0 aliphatic rings. The Hall–Kier alpha value is 1.35. The second-order valence-electron chi connectivity index (χ2n) is 2.97. The fraction of sp³-hybridized carbons (Fsp3) is 0.900. The van der Waals surface area contributed by atoms with Crippen LogP contribution in [0, 0.1) is 6.92 Å². The van der Waals surface area contributed by atoms with E-state index in [0.717, 1.165) is 6.42 Å². The van der Waals surface area contributed by atoms with Crippen molar-refractivity contribution < 1.29 is 43.5 Å². The van der Waals surface area contributed by atoms with Crippen LogP contribution in [0.4, 0.5) is 0 Å². The monoisotopic (exact) mass is 332 g/mol. The smallest absolute Gasteiger partial charge is 0 e. The van der Waals surface area contributed by atoms with E-state index in [4.69, 9.17) is 0 Å². The van der Waals surface area contributed by atoms with Crippen LogP contribution < -0.4 is 24.0 Å². The Kier molecular flexibility index (Phi) is 28.8. The zero-order chi connectivity index (χ0) is 7.66. The third kappa shape index (κ3) is 17.4. The van der Waals surface area contributed by atoms with Gasteiger partial charge in [0.25, 0.3) is 0 Å². The summed E-state index contributed by atoms with van der Waals surface area (Å²) in [5.74, 6) is 0. The van der Waals surface area contributed by atoms with Crippen LogP contribution in [0.5, 0.6) is 0 Å². The van der Waals surface area contributed by atoms with Gasteiger partial charge in [0.05, 0.1) is 0 Å². The van der Waals surface area contributed by atoms with Crippen molar-refractivity contribution in [1.82, 2.24) is 0 Å². The second kappa shape index (κ2) is 18.2. The molecule has 0 aromatic rings. The van der Waals surface area contributed by atoms with E-state index < -0.39 is 0 Å². The molecule has 0 aliphatic heterocycles. The number of hydrogen-bond acceptors (Lipinski definition) is 0. The molecule has 0 atom stereocenters. The predicted molar refractivity (Wildman–Crippen MR) is 48.0 cm³/mol. The Bertz CT molecular complexity index is 49.8. The summed E-state index contributed by atoms with van der Waals surface area (Å²) in [6.45, 7) is 6.08. The summed E-state index contributed by atoms with van der Waals surface area (Å²) < 4.78 is 0. The van der Waals surface area contributed by atoms with Crippen molar-refractivity contribution in [2.45, 2.75) is 58.3 Å². The molecule has 71 valence electrons. The van der Waals surface area contributed by atoms with Crippen molar-refractivity contribution in [3.63, 3.8) is 0 Å². The van der Waals surface area contributed by atoms with Gasteiger partial charge in [-0.25, -0.2) is 0 Å². The van der Waals surface area contributed by atoms with Crippen molar-refractivity contribution in [3.8, 4) is 0 Å². The van der Waals surface area contributed by atoms with Crippen LogP contribution in [0.25, 0.3) is 0 Å². The SMILES string of the molecule is [CH2]CCCCCCCCC.[I-].[Zn]. The van der Waals surface area contributed by atoms with Crippen LogP contribution in [-0.4, -0.2) is 0 Å². The Morgan fingerprint density at radius 3 is 1.67 bits per heavy atom.